The number of hydrogen-bond acceptors (Lipinski definition) is 3. The maximum Gasteiger partial charge on any atom is 0.155 e. The molecule has 0 spiro atoms. The van der Waals surface area contributed by atoms with Crippen LogP contribution in [0.3, 0.4) is 0 Å². The van der Waals surface area contributed by atoms with Crippen LogP contribution in [0, 0.1) is 11.3 Å². The van der Waals surface area contributed by atoms with Crippen molar-refractivity contribution in [2.45, 2.75) is 32.1 Å². The summed E-state index contributed by atoms with van der Waals surface area (Å²) in [4.78, 5) is 0. The molecule has 0 aliphatic heterocycles. The first-order chi connectivity index (χ1) is 11.1. The Bertz CT molecular complexity index is 780. The highest BCUT2D eigenvalue weighted by molar-refractivity contribution is 6.32. The van der Waals surface area contributed by atoms with Crippen molar-refractivity contribution in [1.82, 2.24) is 0 Å². The van der Waals surface area contributed by atoms with Crippen LogP contribution in [0.4, 0.5) is 0 Å². The zero-order valence-electron chi connectivity index (χ0n) is 13.0. The van der Waals surface area contributed by atoms with Gasteiger partial charge in [0.15, 0.2) is 5.75 Å². The first kappa shape index (κ1) is 15.7. The van der Waals surface area contributed by atoms with Gasteiger partial charge in [0, 0.05) is 5.92 Å². The van der Waals surface area contributed by atoms with Gasteiger partial charge in [0.05, 0.1) is 17.2 Å². The second kappa shape index (κ2) is 6.52. The molecule has 1 aliphatic carbocycles. The summed E-state index contributed by atoms with van der Waals surface area (Å²) >= 11 is 6.36. The Morgan fingerprint density at radius 2 is 2.17 bits per heavy atom. The first-order valence-corrected chi connectivity index (χ1v) is 8.20. The lowest BCUT2D eigenvalue weighted by Crippen LogP contribution is -2.02. The molecule has 0 bridgehead atoms. The van der Waals surface area contributed by atoms with Crippen molar-refractivity contribution in [3.05, 3.63) is 57.6 Å². The minimum Gasteiger partial charge on any atom is -0.508 e. The Labute approximate surface area is 141 Å². The average Bonchev–Trinajstić information content (AvgIpc) is 2.96. The van der Waals surface area contributed by atoms with E-state index in [-0.39, 0.29) is 11.7 Å². The van der Waals surface area contributed by atoms with E-state index in [1.165, 1.54) is 5.56 Å². The van der Waals surface area contributed by atoms with Crippen LogP contribution < -0.4 is 4.74 Å². The topological polar surface area (TPSA) is 53.2 Å². The maximum absolute atomic E-state index is 9.76. The molecule has 1 aliphatic rings. The van der Waals surface area contributed by atoms with Crippen LogP contribution in [0.1, 0.15) is 47.9 Å². The molecule has 1 N–H and O–H groups in total. The number of aromatic hydroxyl groups is 1. The quantitative estimate of drug-likeness (QED) is 0.878. The van der Waals surface area contributed by atoms with Crippen LogP contribution in [-0.4, -0.2) is 11.7 Å². The van der Waals surface area contributed by atoms with Gasteiger partial charge in [-0.25, -0.2) is 0 Å². The number of nitriles is 1. The van der Waals surface area contributed by atoms with Gasteiger partial charge in [0.25, 0.3) is 0 Å². The van der Waals surface area contributed by atoms with E-state index in [0.29, 0.717) is 22.9 Å². The highest BCUT2D eigenvalue weighted by atomic mass is 35.5. The van der Waals surface area contributed by atoms with E-state index in [1.807, 2.05) is 31.2 Å². The summed E-state index contributed by atoms with van der Waals surface area (Å²) in [5, 5.41) is 19.7. The second-order valence-corrected chi connectivity index (χ2v) is 6.22. The molecule has 2 aromatic rings. The van der Waals surface area contributed by atoms with Gasteiger partial charge in [-0.05, 0) is 60.2 Å². The summed E-state index contributed by atoms with van der Waals surface area (Å²) in [6.07, 6.45) is 2.78. The van der Waals surface area contributed by atoms with Crippen molar-refractivity contribution in [3.8, 4) is 17.6 Å². The van der Waals surface area contributed by atoms with Crippen LogP contribution in [0.5, 0.6) is 11.5 Å². The van der Waals surface area contributed by atoms with E-state index in [9.17, 15) is 10.4 Å². The minimum atomic E-state index is 0.155. The van der Waals surface area contributed by atoms with Gasteiger partial charge in [-0.15, -0.1) is 0 Å². The smallest absolute Gasteiger partial charge is 0.155 e. The summed E-state index contributed by atoms with van der Waals surface area (Å²) in [6, 6.07) is 11.4. The molecule has 0 aromatic heterocycles. The molecule has 3 nitrogen and oxygen atoms in total. The van der Waals surface area contributed by atoms with E-state index in [1.54, 1.807) is 6.07 Å². The number of phenolic OH excluding ortho intramolecular Hbond substituents is 1. The van der Waals surface area contributed by atoms with Crippen LogP contribution in [0.15, 0.2) is 30.3 Å². The number of aryl methyl sites for hydroxylation is 1. The summed E-state index contributed by atoms with van der Waals surface area (Å²) < 4.78 is 5.62. The molecule has 0 fully saturated rings. The number of benzene rings is 2. The monoisotopic (exact) mass is 327 g/mol. The average molecular weight is 328 g/mol. The zero-order valence-corrected chi connectivity index (χ0v) is 13.7. The van der Waals surface area contributed by atoms with Crippen LogP contribution in [0.25, 0.3) is 0 Å². The Hall–Kier alpha value is -2.18. The van der Waals surface area contributed by atoms with Gasteiger partial charge in [-0.3, -0.25) is 0 Å². The van der Waals surface area contributed by atoms with E-state index in [0.717, 1.165) is 30.4 Å². The number of rotatable bonds is 4. The molecule has 1 unspecified atom stereocenters. The molecule has 0 heterocycles. The lowest BCUT2D eigenvalue weighted by molar-refractivity contribution is 0.316. The number of fused-ring (bicyclic) bond motifs is 1. The van der Waals surface area contributed by atoms with Gasteiger partial charge < -0.3 is 9.84 Å². The fourth-order valence-corrected chi connectivity index (χ4v) is 3.47. The summed E-state index contributed by atoms with van der Waals surface area (Å²) in [7, 11) is 0. The zero-order chi connectivity index (χ0) is 16.4. The SMILES string of the molecule is CCCOc1c(Cl)cc(C2CCc3ccc(O)cc32)cc1C#N. The molecule has 3 rings (SSSR count). The van der Waals surface area contributed by atoms with Crippen molar-refractivity contribution in [2.24, 2.45) is 0 Å². The standard InChI is InChI=1S/C19H18ClNO2/c1-2-7-23-19-14(11-21)8-13(9-18(19)20)16-6-4-12-3-5-15(22)10-17(12)16/h3,5,8-10,16,22H,2,4,6-7H2,1H3. The summed E-state index contributed by atoms with van der Waals surface area (Å²) in [5.74, 6) is 0.890. The molecular formula is C19H18ClNO2. The van der Waals surface area contributed by atoms with E-state index in [4.69, 9.17) is 16.3 Å². The highest BCUT2D eigenvalue weighted by Crippen LogP contribution is 2.42. The number of halogens is 1. The first-order valence-electron chi connectivity index (χ1n) is 7.82. The predicted molar refractivity (Wildman–Crippen MR) is 90.2 cm³/mol. The van der Waals surface area contributed by atoms with Gasteiger partial charge >= 0.3 is 0 Å². The number of ether oxygens (including phenoxy) is 1. The van der Waals surface area contributed by atoms with E-state index in [2.05, 4.69) is 6.07 Å². The molecule has 0 amide bonds. The molecule has 0 saturated heterocycles. The fraction of sp³-hybridized carbons (Fsp3) is 0.316. The fourth-order valence-electron chi connectivity index (χ4n) is 3.19. The second-order valence-electron chi connectivity index (χ2n) is 5.81. The Morgan fingerprint density at radius 1 is 1.35 bits per heavy atom. The van der Waals surface area contributed by atoms with Gasteiger partial charge in [-0.1, -0.05) is 24.6 Å². The van der Waals surface area contributed by atoms with Gasteiger partial charge in [-0.2, -0.15) is 5.26 Å². The van der Waals surface area contributed by atoms with Crippen molar-refractivity contribution >= 4 is 11.6 Å². The van der Waals surface area contributed by atoms with Crippen LogP contribution in [0.2, 0.25) is 5.02 Å². The van der Waals surface area contributed by atoms with Crippen molar-refractivity contribution in [1.29, 1.82) is 5.26 Å². The molecule has 118 valence electrons. The number of nitrogens with zero attached hydrogens (tertiary/aromatic N) is 1. The summed E-state index contributed by atoms with van der Waals surface area (Å²) in [5.41, 5.74) is 3.83. The van der Waals surface area contributed by atoms with Crippen molar-refractivity contribution in [3.63, 3.8) is 0 Å². The molecular weight excluding hydrogens is 310 g/mol. The van der Waals surface area contributed by atoms with Crippen LogP contribution >= 0.6 is 11.6 Å². The molecule has 2 aromatic carbocycles. The molecule has 0 radical (unpaired) electrons. The lowest BCUT2D eigenvalue weighted by Gasteiger charge is -2.16. The maximum atomic E-state index is 9.76. The minimum absolute atomic E-state index is 0.155. The van der Waals surface area contributed by atoms with Crippen molar-refractivity contribution < 1.29 is 9.84 Å². The normalized spacial score (nSPS) is 16.0. The third-order valence-corrected chi connectivity index (χ3v) is 4.53. The van der Waals surface area contributed by atoms with E-state index >= 15 is 0 Å². The molecule has 1 atom stereocenters. The van der Waals surface area contributed by atoms with Gasteiger partial charge in [0.2, 0.25) is 0 Å². The molecule has 0 saturated carbocycles. The van der Waals surface area contributed by atoms with Gasteiger partial charge in [0.1, 0.15) is 11.8 Å². The van der Waals surface area contributed by atoms with Crippen LogP contribution in [-0.2, 0) is 6.42 Å². The third kappa shape index (κ3) is 3.00. The molecule has 23 heavy (non-hydrogen) atoms. The van der Waals surface area contributed by atoms with Crippen molar-refractivity contribution in [2.75, 3.05) is 6.61 Å². The Kier molecular flexibility index (Phi) is 4.45. The summed E-state index contributed by atoms with van der Waals surface area (Å²) in [6.45, 7) is 2.55. The Balaban J connectivity index is 2.01. The number of hydrogen-bond donors (Lipinski definition) is 1. The third-order valence-electron chi connectivity index (χ3n) is 4.25. The highest BCUT2D eigenvalue weighted by Gasteiger charge is 2.26. The number of phenols is 1. The largest absolute Gasteiger partial charge is 0.508 e. The predicted octanol–water partition coefficient (Wildman–Crippen LogP) is 4.78. The molecule has 4 heteroatoms. The Morgan fingerprint density at radius 3 is 2.91 bits per heavy atom. The van der Waals surface area contributed by atoms with E-state index < -0.39 is 0 Å². The lowest BCUT2D eigenvalue weighted by atomic mass is 9.91.